The van der Waals surface area contributed by atoms with Crippen molar-refractivity contribution in [1.82, 2.24) is 10.2 Å². The van der Waals surface area contributed by atoms with Crippen molar-refractivity contribution in [2.75, 3.05) is 11.9 Å². The van der Waals surface area contributed by atoms with Crippen LogP contribution in [0.25, 0.3) is 6.08 Å². The second-order valence-corrected chi connectivity index (χ2v) is 10.1. The summed E-state index contributed by atoms with van der Waals surface area (Å²) in [6.45, 7) is 0. The number of carbonyl (C=O) groups excluding carboxylic acids is 3. The van der Waals surface area contributed by atoms with Crippen molar-refractivity contribution >= 4 is 75.5 Å². The predicted octanol–water partition coefficient (Wildman–Crippen LogP) is 2.28. The average molecular weight is 480 g/mol. The van der Waals surface area contributed by atoms with Gasteiger partial charge in [0.25, 0.3) is 0 Å². The maximum absolute atomic E-state index is 12.4. The van der Waals surface area contributed by atoms with Gasteiger partial charge in [-0.2, -0.15) is 0 Å². The molecule has 4 amide bonds. The van der Waals surface area contributed by atoms with Crippen LogP contribution < -0.4 is 19.1 Å². The van der Waals surface area contributed by atoms with Gasteiger partial charge in [-0.1, -0.05) is 0 Å². The number of urea groups is 1. The molecule has 2 aliphatic heterocycles. The second kappa shape index (κ2) is 7.25. The average Bonchev–Trinajstić information content (AvgIpc) is 3.21. The van der Waals surface area contributed by atoms with Crippen molar-refractivity contribution in [3.63, 3.8) is 0 Å². The van der Waals surface area contributed by atoms with E-state index in [1.54, 1.807) is 6.08 Å². The van der Waals surface area contributed by atoms with Crippen LogP contribution in [0.4, 0.5) is 21.2 Å². The first kappa shape index (κ1) is 18.8. The second-order valence-electron chi connectivity index (χ2n) is 6.73. The van der Waals surface area contributed by atoms with E-state index in [4.69, 9.17) is 0 Å². The Morgan fingerprint density at radius 3 is 2.20 bits per heavy atom. The number of nitrogens with zero attached hydrogens (tertiary/aromatic N) is 2. The minimum absolute atomic E-state index is 0.0479. The fourth-order valence-electron chi connectivity index (χ4n) is 3.37. The van der Waals surface area contributed by atoms with Crippen LogP contribution in [0, 0.1) is 0 Å². The summed E-state index contributed by atoms with van der Waals surface area (Å²) in [6.07, 6.45) is 1.54. The van der Waals surface area contributed by atoms with Crippen molar-refractivity contribution in [1.29, 1.82) is 0 Å². The van der Waals surface area contributed by atoms with Crippen LogP contribution in [-0.4, -0.2) is 44.7 Å². The Labute approximate surface area is 183 Å². The number of carbonyl (C=O) groups is 3. The standard InChI is InChI=1S/C22H15N3O3SSe/c1-24-21(27)14(20(26)23-22(24)28)12-13-10-11-19(29-13)25-15-6-2-4-8-17(15)30-18-9-5-3-7-16(18)25/h2-12H,1H3,(H,23,26,28)/b14-12+. The molecule has 0 radical (unpaired) electrons. The van der Waals surface area contributed by atoms with Crippen LogP contribution in [0.5, 0.6) is 0 Å². The molecule has 30 heavy (non-hydrogen) atoms. The molecule has 0 aliphatic carbocycles. The molecule has 1 N–H and O–H groups in total. The van der Waals surface area contributed by atoms with Gasteiger partial charge in [0.15, 0.2) is 0 Å². The minimum atomic E-state index is -0.711. The summed E-state index contributed by atoms with van der Waals surface area (Å²) in [5.41, 5.74) is 2.25. The van der Waals surface area contributed by atoms with Gasteiger partial charge in [-0.25, -0.2) is 0 Å². The van der Waals surface area contributed by atoms with Gasteiger partial charge in [-0.15, -0.1) is 0 Å². The van der Waals surface area contributed by atoms with E-state index in [1.807, 2.05) is 24.3 Å². The molecule has 0 bridgehead atoms. The number of imide groups is 2. The van der Waals surface area contributed by atoms with Crippen LogP contribution >= 0.6 is 11.3 Å². The third kappa shape index (κ3) is 3.06. The number of para-hydroxylation sites is 2. The monoisotopic (exact) mass is 481 g/mol. The zero-order valence-electron chi connectivity index (χ0n) is 15.8. The van der Waals surface area contributed by atoms with E-state index >= 15 is 0 Å². The van der Waals surface area contributed by atoms with Gasteiger partial charge >= 0.3 is 183 Å². The Balaban J connectivity index is 1.56. The molecule has 8 heteroatoms. The molecule has 2 aliphatic rings. The Kier molecular flexibility index (Phi) is 4.55. The number of amides is 4. The van der Waals surface area contributed by atoms with Gasteiger partial charge in [-0.05, 0) is 0 Å². The van der Waals surface area contributed by atoms with Crippen LogP contribution in [-0.2, 0) is 9.59 Å². The SMILES string of the molecule is CN1C(=O)NC(=O)/C(=C\c2ccc(N3c4ccccc4[Se]c4ccccc43)s2)C1=O. The summed E-state index contributed by atoms with van der Waals surface area (Å²) >= 11 is 1.72. The Morgan fingerprint density at radius 2 is 1.53 bits per heavy atom. The molecular weight excluding hydrogens is 465 g/mol. The van der Waals surface area contributed by atoms with Crippen LogP contribution in [0.2, 0.25) is 0 Å². The molecule has 0 unspecified atom stereocenters. The number of hydrogen-bond donors (Lipinski definition) is 1. The molecule has 2 aromatic carbocycles. The summed E-state index contributed by atoms with van der Waals surface area (Å²) < 4.78 is 2.61. The molecule has 0 spiro atoms. The van der Waals surface area contributed by atoms with E-state index in [0.717, 1.165) is 26.2 Å². The van der Waals surface area contributed by atoms with E-state index < -0.39 is 17.8 Å². The normalized spacial score (nSPS) is 17.1. The molecule has 1 aromatic heterocycles. The van der Waals surface area contributed by atoms with Crippen LogP contribution in [0.3, 0.4) is 0 Å². The molecule has 1 saturated heterocycles. The molecule has 3 heterocycles. The predicted molar refractivity (Wildman–Crippen MR) is 118 cm³/mol. The number of benzene rings is 2. The number of barbiturate groups is 1. The van der Waals surface area contributed by atoms with E-state index in [2.05, 4.69) is 46.6 Å². The third-order valence-corrected chi connectivity index (χ3v) is 8.25. The van der Waals surface area contributed by atoms with E-state index in [0.29, 0.717) is 0 Å². The Morgan fingerprint density at radius 1 is 0.900 bits per heavy atom. The summed E-state index contributed by atoms with van der Waals surface area (Å²) in [6, 6.07) is 19.9. The van der Waals surface area contributed by atoms with Gasteiger partial charge in [0.1, 0.15) is 0 Å². The molecule has 6 nitrogen and oxygen atoms in total. The number of nitrogens with one attached hydrogen (secondary N) is 1. The molecular formula is C22H15N3O3SSe. The van der Waals surface area contributed by atoms with E-state index in [1.165, 1.54) is 27.3 Å². The summed E-state index contributed by atoms with van der Waals surface area (Å²) in [5.74, 6) is -1.27. The fraction of sp³-hybridized carbons (Fsp3) is 0.0455. The maximum atomic E-state index is 12.4. The zero-order valence-corrected chi connectivity index (χ0v) is 18.3. The number of fused-ring (bicyclic) bond motifs is 2. The summed E-state index contributed by atoms with van der Waals surface area (Å²) in [5, 5.41) is 3.17. The number of likely N-dealkylation sites (N-methyl/N-ethyl adjacent to an activating group) is 1. The van der Waals surface area contributed by atoms with E-state index in [-0.39, 0.29) is 20.5 Å². The first-order valence-corrected chi connectivity index (χ1v) is 11.7. The molecule has 5 rings (SSSR count). The van der Waals surface area contributed by atoms with Crippen molar-refractivity contribution in [3.05, 3.63) is 71.1 Å². The number of anilines is 3. The molecule has 1 fully saturated rings. The molecule has 148 valence electrons. The molecule has 0 atom stereocenters. The molecule has 3 aromatic rings. The summed E-state index contributed by atoms with van der Waals surface area (Å²) in [4.78, 5) is 40.0. The van der Waals surface area contributed by atoms with Crippen molar-refractivity contribution < 1.29 is 14.4 Å². The van der Waals surface area contributed by atoms with Crippen LogP contribution in [0.15, 0.2) is 66.2 Å². The Bertz CT molecular complexity index is 1200. The van der Waals surface area contributed by atoms with Gasteiger partial charge in [0.05, 0.1) is 0 Å². The van der Waals surface area contributed by atoms with E-state index in [9.17, 15) is 14.4 Å². The first-order valence-electron chi connectivity index (χ1n) is 9.14. The number of hydrogen-bond acceptors (Lipinski definition) is 5. The Hall–Kier alpha value is -3.19. The van der Waals surface area contributed by atoms with Gasteiger partial charge in [-0.3, -0.25) is 0 Å². The topological polar surface area (TPSA) is 69.7 Å². The van der Waals surface area contributed by atoms with Crippen molar-refractivity contribution in [3.8, 4) is 0 Å². The molecule has 0 saturated carbocycles. The van der Waals surface area contributed by atoms with Gasteiger partial charge in [0, 0.05) is 0 Å². The van der Waals surface area contributed by atoms with Gasteiger partial charge < -0.3 is 0 Å². The third-order valence-electron chi connectivity index (χ3n) is 4.86. The first-order chi connectivity index (χ1) is 14.5. The number of thiophene rings is 1. The zero-order chi connectivity index (χ0) is 20.8. The quantitative estimate of drug-likeness (QED) is 0.272. The van der Waals surface area contributed by atoms with Crippen molar-refractivity contribution in [2.45, 2.75) is 0 Å². The summed E-state index contributed by atoms with van der Waals surface area (Å²) in [7, 11) is 1.35. The fourth-order valence-corrected chi connectivity index (χ4v) is 6.57. The van der Waals surface area contributed by atoms with Gasteiger partial charge in [0.2, 0.25) is 0 Å². The van der Waals surface area contributed by atoms with Crippen LogP contribution in [0.1, 0.15) is 4.88 Å². The number of rotatable bonds is 2. The van der Waals surface area contributed by atoms with Crippen molar-refractivity contribution in [2.24, 2.45) is 0 Å².